The summed E-state index contributed by atoms with van der Waals surface area (Å²) in [6, 6.07) is 3.58. The van der Waals surface area contributed by atoms with E-state index in [1.165, 1.54) is 6.07 Å². The quantitative estimate of drug-likeness (QED) is 0.862. The Balaban J connectivity index is 2.08. The van der Waals surface area contributed by atoms with E-state index in [4.69, 9.17) is 0 Å². The van der Waals surface area contributed by atoms with Crippen LogP contribution in [-0.2, 0) is 11.3 Å². The molecule has 6 heteroatoms. The summed E-state index contributed by atoms with van der Waals surface area (Å²) in [6.45, 7) is 4.92. The van der Waals surface area contributed by atoms with E-state index in [2.05, 4.69) is 10.6 Å². The molecule has 1 aromatic rings. The fourth-order valence-corrected chi connectivity index (χ4v) is 2.36. The summed E-state index contributed by atoms with van der Waals surface area (Å²) in [5.74, 6) is -1.75. The number of halogens is 2. The number of carbonyl (C=O) groups is 1. The third-order valence-electron chi connectivity index (χ3n) is 3.38. The second-order valence-corrected chi connectivity index (χ2v) is 4.83. The Morgan fingerprint density at radius 3 is 2.95 bits per heavy atom. The maximum atomic E-state index is 13.2. The van der Waals surface area contributed by atoms with Gasteiger partial charge in [-0.3, -0.25) is 9.69 Å². The average Bonchev–Trinajstić information content (AvgIpc) is 2.44. The minimum Gasteiger partial charge on any atom is -0.355 e. The lowest BCUT2D eigenvalue weighted by atomic mass is 10.1. The Morgan fingerprint density at radius 2 is 2.25 bits per heavy atom. The molecule has 1 atom stereocenters. The first kappa shape index (κ1) is 14.9. The zero-order chi connectivity index (χ0) is 14.5. The van der Waals surface area contributed by atoms with Crippen LogP contribution in [0.4, 0.5) is 8.78 Å². The number of likely N-dealkylation sites (N-methyl/N-ethyl adjacent to an activating group) is 1. The summed E-state index contributed by atoms with van der Waals surface area (Å²) < 4.78 is 26.1. The van der Waals surface area contributed by atoms with E-state index >= 15 is 0 Å². The molecule has 0 aliphatic carbocycles. The highest BCUT2D eigenvalue weighted by atomic mass is 19.2. The van der Waals surface area contributed by atoms with Crippen molar-refractivity contribution in [3.63, 3.8) is 0 Å². The number of nitrogens with zero attached hydrogens (tertiary/aromatic N) is 1. The number of hydrogen-bond donors (Lipinski definition) is 2. The van der Waals surface area contributed by atoms with Gasteiger partial charge in [-0.05, 0) is 24.6 Å². The second kappa shape index (κ2) is 6.76. The molecule has 0 aromatic heterocycles. The van der Waals surface area contributed by atoms with Crippen molar-refractivity contribution >= 4 is 5.91 Å². The molecule has 4 nitrogen and oxygen atoms in total. The molecule has 20 heavy (non-hydrogen) atoms. The van der Waals surface area contributed by atoms with Gasteiger partial charge in [-0.2, -0.15) is 0 Å². The minimum atomic E-state index is -0.854. The predicted molar refractivity (Wildman–Crippen MR) is 72.1 cm³/mol. The number of benzene rings is 1. The van der Waals surface area contributed by atoms with E-state index in [-0.39, 0.29) is 11.9 Å². The summed E-state index contributed by atoms with van der Waals surface area (Å²) in [6.07, 6.45) is 0. The van der Waals surface area contributed by atoms with Crippen LogP contribution >= 0.6 is 0 Å². The van der Waals surface area contributed by atoms with E-state index in [0.717, 1.165) is 12.6 Å². The Morgan fingerprint density at radius 1 is 1.45 bits per heavy atom. The van der Waals surface area contributed by atoms with Crippen molar-refractivity contribution in [2.45, 2.75) is 19.5 Å². The summed E-state index contributed by atoms with van der Waals surface area (Å²) in [5, 5.41) is 5.97. The average molecular weight is 283 g/mol. The van der Waals surface area contributed by atoms with Crippen molar-refractivity contribution in [3.8, 4) is 0 Å². The van der Waals surface area contributed by atoms with Crippen LogP contribution in [0.3, 0.4) is 0 Å². The van der Waals surface area contributed by atoms with Crippen LogP contribution in [0.1, 0.15) is 12.5 Å². The molecule has 1 amide bonds. The van der Waals surface area contributed by atoms with Crippen LogP contribution < -0.4 is 10.6 Å². The van der Waals surface area contributed by atoms with Crippen molar-refractivity contribution in [3.05, 3.63) is 35.4 Å². The van der Waals surface area contributed by atoms with Crippen LogP contribution in [-0.4, -0.2) is 43.0 Å². The number of rotatable bonds is 4. The highest BCUT2D eigenvalue weighted by molar-refractivity contribution is 5.82. The third kappa shape index (κ3) is 3.52. The molecule has 1 aromatic carbocycles. The fourth-order valence-electron chi connectivity index (χ4n) is 2.36. The molecule has 1 unspecified atom stereocenters. The third-order valence-corrected chi connectivity index (χ3v) is 3.38. The van der Waals surface area contributed by atoms with Crippen LogP contribution in [0.5, 0.6) is 0 Å². The van der Waals surface area contributed by atoms with E-state index < -0.39 is 11.6 Å². The van der Waals surface area contributed by atoms with E-state index in [1.807, 2.05) is 11.8 Å². The zero-order valence-electron chi connectivity index (χ0n) is 11.5. The fraction of sp³-hybridized carbons (Fsp3) is 0.500. The lowest BCUT2D eigenvalue weighted by Crippen LogP contribution is -2.57. The number of carbonyl (C=O) groups excluding carboxylic acids is 1. The molecule has 2 rings (SSSR count). The lowest BCUT2D eigenvalue weighted by molar-refractivity contribution is -0.127. The van der Waals surface area contributed by atoms with Gasteiger partial charge in [0.1, 0.15) is 6.04 Å². The molecule has 110 valence electrons. The summed E-state index contributed by atoms with van der Waals surface area (Å²) in [4.78, 5) is 14.0. The Kier molecular flexibility index (Phi) is 5.03. The Hall–Kier alpha value is -1.53. The van der Waals surface area contributed by atoms with Gasteiger partial charge in [0.05, 0.1) is 0 Å². The van der Waals surface area contributed by atoms with Gasteiger partial charge < -0.3 is 10.6 Å². The molecule has 1 fully saturated rings. The van der Waals surface area contributed by atoms with E-state index in [1.54, 1.807) is 6.07 Å². The molecule has 1 heterocycles. The molecule has 0 bridgehead atoms. The SMILES string of the molecule is CCNC(=O)C1CNCCN1Cc1ccc(F)c(F)c1. The molecule has 0 saturated carbocycles. The van der Waals surface area contributed by atoms with E-state index in [9.17, 15) is 13.6 Å². The lowest BCUT2D eigenvalue weighted by Gasteiger charge is -2.35. The molecule has 1 aliphatic heterocycles. The molecule has 0 spiro atoms. The standard InChI is InChI=1S/C14H19F2N3O/c1-2-18-14(20)13-8-17-5-6-19(13)9-10-3-4-11(15)12(16)7-10/h3-4,7,13,17H,2,5-6,8-9H2,1H3,(H,18,20). The van der Waals surface area contributed by atoms with Crippen molar-refractivity contribution in [1.82, 2.24) is 15.5 Å². The van der Waals surface area contributed by atoms with Gasteiger partial charge in [-0.1, -0.05) is 6.07 Å². The summed E-state index contributed by atoms with van der Waals surface area (Å²) in [7, 11) is 0. The van der Waals surface area contributed by atoms with Crippen molar-refractivity contribution in [2.75, 3.05) is 26.2 Å². The molecular formula is C14H19F2N3O. The number of piperazine rings is 1. The van der Waals surface area contributed by atoms with Crippen LogP contribution in [0, 0.1) is 11.6 Å². The smallest absolute Gasteiger partial charge is 0.238 e. The maximum Gasteiger partial charge on any atom is 0.238 e. The van der Waals surface area contributed by atoms with Crippen molar-refractivity contribution in [2.24, 2.45) is 0 Å². The van der Waals surface area contributed by atoms with Gasteiger partial charge in [-0.15, -0.1) is 0 Å². The molecular weight excluding hydrogens is 264 g/mol. The first-order valence-electron chi connectivity index (χ1n) is 6.78. The zero-order valence-corrected chi connectivity index (χ0v) is 11.5. The molecule has 0 radical (unpaired) electrons. The Bertz CT molecular complexity index is 481. The van der Waals surface area contributed by atoms with Gasteiger partial charge in [0.2, 0.25) is 5.91 Å². The minimum absolute atomic E-state index is 0.0396. The Labute approximate surface area is 117 Å². The summed E-state index contributed by atoms with van der Waals surface area (Å²) >= 11 is 0. The van der Waals surface area contributed by atoms with Crippen LogP contribution in [0.2, 0.25) is 0 Å². The van der Waals surface area contributed by atoms with Crippen LogP contribution in [0.15, 0.2) is 18.2 Å². The highest BCUT2D eigenvalue weighted by Crippen LogP contribution is 2.14. The topological polar surface area (TPSA) is 44.4 Å². The second-order valence-electron chi connectivity index (χ2n) is 4.83. The van der Waals surface area contributed by atoms with E-state index in [0.29, 0.717) is 31.7 Å². The van der Waals surface area contributed by atoms with Crippen molar-refractivity contribution in [1.29, 1.82) is 0 Å². The van der Waals surface area contributed by atoms with Crippen molar-refractivity contribution < 1.29 is 13.6 Å². The molecule has 2 N–H and O–H groups in total. The number of hydrogen-bond acceptors (Lipinski definition) is 3. The monoisotopic (exact) mass is 283 g/mol. The van der Waals surface area contributed by atoms with Gasteiger partial charge >= 0.3 is 0 Å². The highest BCUT2D eigenvalue weighted by Gasteiger charge is 2.28. The molecule has 1 saturated heterocycles. The van der Waals surface area contributed by atoms with Gasteiger partial charge in [0.15, 0.2) is 11.6 Å². The van der Waals surface area contributed by atoms with Crippen LogP contribution in [0.25, 0.3) is 0 Å². The molecule has 1 aliphatic rings. The predicted octanol–water partition coefficient (Wildman–Crippen LogP) is 0.875. The first-order chi connectivity index (χ1) is 9.61. The van der Waals surface area contributed by atoms with Gasteiger partial charge in [0.25, 0.3) is 0 Å². The maximum absolute atomic E-state index is 13.2. The largest absolute Gasteiger partial charge is 0.355 e. The normalized spacial score (nSPS) is 19.9. The number of amides is 1. The van der Waals surface area contributed by atoms with Gasteiger partial charge in [-0.25, -0.2) is 8.78 Å². The van der Waals surface area contributed by atoms with Gasteiger partial charge in [0, 0.05) is 32.7 Å². The first-order valence-corrected chi connectivity index (χ1v) is 6.78. The summed E-state index contributed by atoms with van der Waals surface area (Å²) in [5.41, 5.74) is 0.667. The number of nitrogens with one attached hydrogen (secondary N) is 2.